The molecule has 0 aliphatic rings. The summed E-state index contributed by atoms with van der Waals surface area (Å²) in [5.41, 5.74) is -0.922. The first-order valence-corrected chi connectivity index (χ1v) is 4.91. The zero-order chi connectivity index (χ0) is 10.2. The second kappa shape index (κ2) is 3.64. The Morgan fingerprint density at radius 1 is 1.54 bits per heavy atom. The van der Waals surface area contributed by atoms with Crippen LogP contribution in [-0.4, -0.2) is 9.78 Å². The van der Waals surface area contributed by atoms with Gasteiger partial charge in [0.15, 0.2) is 5.69 Å². The molecule has 0 spiro atoms. The van der Waals surface area contributed by atoms with Crippen LogP contribution in [0.2, 0.25) is 0 Å². The van der Waals surface area contributed by atoms with Crippen molar-refractivity contribution in [3.63, 3.8) is 0 Å². The Labute approximate surface area is 94.3 Å². The summed E-state index contributed by atoms with van der Waals surface area (Å²) in [7, 11) is 1.43. The number of alkyl halides is 3. The quantitative estimate of drug-likeness (QED) is 0.609. The lowest BCUT2D eigenvalue weighted by Crippen LogP contribution is -2.07. The zero-order valence-corrected chi connectivity index (χ0v) is 10.0. The average molecular weight is 370 g/mol. The van der Waals surface area contributed by atoms with Crippen LogP contribution in [-0.2, 0) is 13.2 Å². The molecule has 0 radical (unpaired) electrons. The summed E-state index contributed by atoms with van der Waals surface area (Å²) >= 11 is 4.57. The van der Waals surface area contributed by atoms with E-state index in [0.717, 1.165) is 4.68 Å². The summed E-state index contributed by atoms with van der Waals surface area (Å²) in [5, 5.41) is 3.33. The van der Waals surface area contributed by atoms with Gasteiger partial charge in [0.1, 0.15) is 5.82 Å². The Balaban J connectivity index is 3.26. The van der Waals surface area contributed by atoms with E-state index in [1.807, 2.05) is 0 Å². The molecule has 13 heavy (non-hydrogen) atoms. The van der Waals surface area contributed by atoms with Crippen molar-refractivity contribution in [3.05, 3.63) is 10.2 Å². The molecule has 0 aliphatic heterocycles. The van der Waals surface area contributed by atoms with Gasteiger partial charge in [-0.2, -0.15) is 18.3 Å². The molecule has 3 nitrogen and oxygen atoms in total. The number of aromatic nitrogens is 2. The van der Waals surface area contributed by atoms with Gasteiger partial charge in [-0.25, -0.2) is 0 Å². The fraction of sp³-hybridized carbons (Fsp3) is 0.400. The molecular weight excluding hydrogens is 366 g/mol. The van der Waals surface area contributed by atoms with Crippen molar-refractivity contribution in [1.82, 2.24) is 9.78 Å². The van der Waals surface area contributed by atoms with E-state index in [1.165, 1.54) is 7.05 Å². The molecule has 74 valence electrons. The van der Waals surface area contributed by atoms with Gasteiger partial charge in [-0.3, -0.25) is 4.68 Å². The van der Waals surface area contributed by atoms with Gasteiger partial charge in [0, 0.05) is 7.05 Å². The van der Waals surface area contributed by atoms with Crippen LogP contribution in [0.4, 0.5) is 19.0 Å². The number of nitrogens with zero attached hydrogens (tertiary/aromatic N) is 2. The van der Waals surface area contributed by atoms with Crippen molar-refractivity contribution in [2.45, 2.75) is 6.18 Å². The van der Waals surface area contributed by atoms with Gasteiger partial charge >= 0.3 is 6.18 Å². The second-order valence-electron chi connectivity index (χ2n) is 2.23. The maximum Gasteiger partial charge on any atom is 0.436 e. The first-order chi connectivity index (χ1) is 5.88. The molecule has 0 unspecified atom stereocenters. The number of aryl methyl sites for hydroxylation is 1. The highest BCUT2D eigenvalue weighted by Gasteiger charge is 2.38. The third kappa shape index (κ3) is 2.09. The van der Waals surface area contributed by atoms with E-state index >= 15 is 0 Å². The molecule has 1 rings (SSSR count). The van der Waals surface area contributed by atoms with E-state index in [4.69, 9.17) is 0 Å². The Bertz CT molecular complexity index is 322. The summed E-state index contributed by atoms with van der Waals surface area (Å²) < 4.78 is 40.4. The van der Waals surface area contributed by atoms with E-state index in [9.17, 15) is 13.2 Å². The predicted octanol–water partition coefficient (Wildman–Crippen LogP) is 2.96. The summed E-state index contributed by atoms with van der Waals surface area (Å²) in [4.78, 5) is 0. The monoisotopic (exact) mass is 369 g/mol. The molecule has 0 amide bonds. The maximum absolute atomic E-state index is 12.2. The van der Waals surface area contributed by atoms with Crippen molar-refractivity contribution >= 4 is 44.6 Å². The van der Waals surface area contributed by atoms with E-state index in [0.29, 0.717) is 0 Å². The van der Waals surface area contributed by atoms with Gasteiger partial charge in [-0.1, -0.05) is 0 Å². The summed E-state index contributed by atoms with van der Waals surface area (Å²) in [6, 6.07) is 0. The minimum absolute atomic E-state index is 0.0723. The van der Waals surface area contributed by atoms with Crippen LogP contribution in [0.3, 0.4) is 0 Å². The van der Waals surface area contributed by atoms with Gasteiger partial charge in [-0.05, 0) is 15.9 Å². The molecule has 1 aromatic rings. The summed E-state index contributed by atoms with van der Waals surface area (Å²) in [6.45, 7) is 0. The lowest BCUT2D eigenvalue weighted by molar-refractivity contribution is -0.142. The highest BCUT2D eigenvalue weighted by atomic mass is 127. The number of nitrogens with one attached hydrogen (secondary N) is 1. The number of hydrogen-bond acceptors (Lipinski definition) is 2. The third-order valence-corrected chi connectivity index (χ3v) is 2.61. The van der Waals surface area contributed by atoms with Crippen molar-refractivity contribution in [2.75, 3.05) is 3.53 Å². The van der Waals surface area contributed by atoms with E-state index in [2.05, 4.69) is 24.6 Å². The molecule has 0 fully saturated rings. The minimum atomic E-state index is -4.43. The Hall–Kier alpha value is 0.01000. The van der Waals surface area contributed by atoms with Gasteiger partial charge < -0.3 is 3.53 Å². The standard InChI is InChI=1S/C5H4BrF3IN3/c1-13-4(11-10)2(6)3(12-13)5(7,8)9/h11H,1H3. The van der Waals surface area contributed by atoms with Crippen LogP contribution in [0.15, 0.2) is 4.47 Å². The maximum atomic E-state index is 12.2. The lowest BCUT2D eigenvalue weighted by atomic mass is 10.4. The lowest BCUT2D eigenvalue weighted by Gasteiger charge is -2.01. The molecule has 0 saturated heterocycles. The third-order valence-electron chi connectivity index (χ3n) is 1.35. The largest absolute Gasteiger partial charge is 0.436 e. The topological polar surface area (TPSA) is 29.9 Å². The molecule has 1 N–H and O–H groups in total. The molecule has 8 heteroatoms. The van der Waals surface area contributed by atoms with Gasteiger partial charge in [0.25, 0.3) is 0 Å². The van der Waals surface area contributed by atoms with E-state index in [1.54, 1.807) is 22.9 Å². The molecule has 0 aliphatic carbocycles. The number of hydrogen-bond donors (Lipinski definition) is 1. The summed E-state index contributed by atoms with van der Waals surface area (Å²) in [6.07, 6.45) is -4.43. The minimum Gasteiger partial charge on any atom is -0.312 e. The second-order valence-corrected chi connectivity index (χ2v) is 3.56. The summed E-state index contributed by atoms with van der Waals surface area (Å²) in [5.74, 6) is 0.285. The Morgan fingerprint density at radius 3 is 2.31 bits per heavy atom. The van der Waals surface area contributed by atoms with Gasteiger partial charge in [0.05, 0.1) is 27.3 Å². The molecular formula is C5H4BrF3IN3. The van der Waals surface area contributed by atoms with Crippen molar-refractivity contribution < 1.29 is 13.2 Å². The molecule has 0 aromatic carbocycles. The van der Waals surface area contributed by atoms with Crippen molar-refractivity contribution in [2.24, 2.45) is 7.05 Å². The smallest absolute Gasteiger partial charge is 0.312 e. The van der Waals surface area contributed by atoms with Gasteiger partial charge in [0.2, 0.25) is 0 Å². The molecule has 0 saturated carbocycles. The average Bonchev–Trinajstić information content (AvgIpc) is 2.25. The van der Waals surface area contributed by atoms with Crippen LogP contribution in [0, 0.1) is 0 Å². The number of anilines is 1. The first kappa shape index (κ1) is 11.1. The first-order valence-electron chi connectivity index (χ1n) is 3.04. The molecule has 0 bridgehead atoms. The van der Waals surface area contributed by atoms with E-state index < -0.39 is 11.9 Å². The number of rotatable bonds is 1. The van der Waals surface area contributed by atoms with Crippen molar-refractivity contribution in [3.8, 4) is 0 Å². The van der Waals surface area contributed by atoms with Crippen LogP contribution < -0.4 is 3.53 Å². The predicted molar refractivity (Wildman–Crippen MR) is 53.6 cm³/mol. The highest BCUT2D eigenvalue weighted by Crippen LogP contribution is 2.37. The van der Waals surface area contributed by atoms with Crippen molar-refractivity contribution in [1.29, 1.82) is 0 Å². The van der Waals surface area contributed by atoms with Crippen LogP contribution in [0.1, 0.15) is 5.69 Å². The van der Waals surface area contributed by atoms with Gasteiger partial charge in [-0.15, -0.1) is 0 Å². The normalized spacial score (nSPS) is 11.8. The number of halogens is 5. The van der Waals surface area contributed by atoms with Crippen LogP contribution in [0.5, 0.6) is 0 Å². The fourth-order valence-corrected chi connectivity index (χ4v) is 2.43. The molecule has 0 atom stereocenters. The fourth-order valence-electron chi connectivity index (χ4n) is 0.782. The molecule has 1 aromatic heterocycles. The van der Waals surface area contributed by atoms with Crippen LogP contribution >= 0.6 is 38.8 Å². The Kier molecular flexibility index (Phi) is 3.10. The highest BCUT2D eigenvalue weighted by molar-refractivity contribution is 14.1. The SMILES string of the molecule is Cn1nc(C(F)(F)F)c(Br)c1NI. The van der Waals surface area contributed by atoms with Crippen LogP contribution in [0.25, 0.3) is 0 Å². The van der Waals surface area contributed by atoms with E-state index in [-0.39, 0.29) is 10.3 Å². The molecule has 1 heterocycles. The Morgan fingerprint density at radius 2 is 2.08 bits per heavy atom. The zero-order valence-electron chi connectivity index (χ0n) is 6.28.